The Bertz CT molecular complexity index is 1190. The molecule has 2 N–H and O–H groups in total. The lowest BCUT2D eigenvalue weighted by molar-refractivity contribution is -0.124. The van der Waals surface area contributed by atoms with Crippen LogP contribution >= 0.6 is 0 Å². The van der Waals surface area contributed by atoms with Gasteiger partial charge in [-0.25, -0.2) is 4.79 Å². The highest BCUT2D eigenvalue weighted by molar-refractivity contribution is 5.97. The molecule has 2 heterocycles. The Hall–Kier alpha value is -3.88. The SMILES string of the molecule is CC(C(=O)NCc1ccc(C(=O)N2CCNC(=O)C2)cc1)n1c(=O)oc2ccccc21. The largest absolute Gasteiger partial charge is 0.420 e. The maximum Gasteiger partial charge on any atom is 0.420 e. The summed E-state index contributed by atoms with van der Waals surface area (Å²) in [4.78, 5) is 50.3. The Balaban J connectivity index is 1.39. The van der Waals surface area contributed by atoms with Gasteiger partial charge in [0, 0.05) is 25.2 Å². The Morgan fingerprint density at radius 1 is 1.13 bits per heavy atom. The minimum absolute atomic E-state index is 0.0522. The van der Waals surface area contributed by atoms with Gasteiger partial charge in [0.1, 0.15) is 6.04 Å². The van der Waals surface area contributed by atoms with E-state index in [-0.39, 0.29) is 30.8 Å². The molecule has 3 aromatic rings. The monoisotopic (exact) mass is 422 g/mol. The number of amides is 3. The Morgan fingerprint density at radius 2 is 1.87 bits per heavy atom. The number of fused-ring (bicyclic) bond motifs is 1. The quantitative estimate of drug-likeness (QED) is 0.638. The molecule has 4 rings (SSSR count). The van der Waals surface area contributed by atoms with Crippen LogP contribution in [-0.4, -0.2) is 46.8 Å². The zero-order valence-electron chi connectivity index (χ0n) is 17.0. The van der Waals surface area contributed by atoms with Crippen molar-refractivity contribution in [2.45, 2.75) is 19.5 Å². The highest BCUT2D eigenvalue weighted by Gasteiger charge is 2.23. The molecule has 3 amide bonds. The summed E-state index contributed by atoms with van der Waals surface area (Å²) in [5.74, 6) is -1.28. The van der Waals surface area contributed by atoms with E-state index in [2.05, 4.69) is 10.6 Å². The van der Waals surface area contributed by atoms with Crippen molar-refractivity contribution in [1.82, 2.24) is 20.1 Å². The van der Waals surface area contributed by atoms with Crippen molar-refractivity contribution < 1.29 is 18.8 Å². The highest BCUT2D eigenvalue weighted by Crippen LogP contribution is 2.17. The van der Waals surface area contributed by atoms with Crippen molar-refractivity contribution in [1.29, 1.82) is 0 Å². The van der Waals surface area contributed by atoms with Crippen LogP contribution in [0.4, 0.5) is 0 Å². The first-order valence-electron chi connectivity index (χ1n) is 9.97. The fraction of sp³-hybridized carbons (Fsp3) is 0.273. The van der Waals surface area contributed by atoms with E-state index in [1.54, 1.807) is 55.5 Å². The number of nitrogens with zero attached hydrogens (tertiary/aromatic N) is 2. The van der Waals surface area contributed by atoms with E-state index in [9.17, 15) is 19.2 Å². The van der Waals surface area contributed by atoms with Crippen LogP contribution in [0.5, 0.6) is 0 Å². The van der Waals surface area contributed by atoms with Crippen molar-refractivity contribution in [2.24, 2.45) is 0 Å². The average molecular weight is 422 g/mol. The average Bonchev–Trinajstić information content (AvgIpc) is 3.12. The molecule has 0 radical (unpaired) electrons. The van der Waals surface area contributed by atoms with Crippen LogP contribution < -0.4 is 16.4 Å². The zero-order chi connectivity index (χ0) is 22.0. The van der Waals surface area contributed by atoms with E-state index in [4.69, 9.17) is 4.42 Å². The van der Waals surface area contributed by atoms with Crippen LogP contribution in [0.25, 0.3) is 11.1 Å². The van der Waals surface area contributed by atoms with Crippen molar-refractivity contribution in [2.75, 3.05) is 19.6 Å². The number of hydrogen-bond acceptors (Lipinski definition) is 5. The van der Waals surface area contributed by atoms with Crippen LogP contribution in [0.15, 0.2) is 57.7 Å². The van der Waals surface area contributed by atoms with Gasteiger partial charge in [0.05, 0.1) is 12.1 Å². The molecular weight excluding hydrogens is 400 g/mol. The fourth-order valence-corrected chi connectivity index (χ4v) is 3.56. The van der Waals surface area contributed by atoms with Crippen LogP contribution in [-0.2, 0) is 16.1 Å². The molecule has 160 valence electrons. The molecule has 9 nitrogen and oxygen atoms in total. The van der Waals surface area contributed by atoms with Crippen molar-refractivity contribution in [3.8, 4) is 0 Å². The summed E-state index contributed by atoms with van der Waals surface area (Å²) in [5, 5.41) is 5.50. The molecule has 1 aliphatic heterocycles. The van der Waals surface area contributed by atoms with E-state index in [1.165, 1.54) is 9.47 Å². The molecule has 1 unspecified atom stereocenters. The second kappa shape index (κ2) is 8.47. The van der Waals surface area contributed by atoms with E-state index >= 15 is 0 Å². The minimum Gasteiger partial charge on any atom is -0.408 e. The predicted molar refractivity (Wildman–Crippen MR) is 112 cm³/mol. The minimum atomic E-state index is -0.748. The van der Waals surface area contributed by atoms with Gasteiger partial charge < -0.3 is 20.0 Å². The number of para-hydroxylation sites is 2. The lowest BCUT2D eigenvalue weighted by Gasteiger charge is -2.26. The maximum atomic E-state index is 12.6. The second-order valence-corrected chi connectivity index (χ2v) is 7.37. The summed E-state index contributed by atoms with van der Waals surface area (Å²) < 4.78 is 6.51. The fourth-order valence-electron chi connectivity index (χ4n) is 3.56. The van der Waals surface area contributed by atoms with Gasteiger partial charge in [0.15, 0.2) is 5.58 Å². The topological polar surface area (TPSA) is 114 Å². The molecule has 1 saturated heterocycles. The number of carbonyl (C=O) groups excluding carboxylic acids is 3. The number of nitrogens with one attached hydrogen (secondary N) is 2. The smallest absolute Gasteiger partial charge is 0.408 e. The number of aromatic nitrogens is 1. The Kier molecular flexibility index (Phi) is 5.57. The van der Waals surface area contributed by atoms with Gasteiger partial charge in [-0.1, -0.05) is 24.3 Å². The molecule has 1 aromatic heterocycles. The molecular formula is C22H22N4O5. The van der Waals surface area contributed by atoms with Gasteiger partial charge in [0.2, 0.25) is 11.8 Å². The van der Waals surface area contributed by atoms with Crippen LogP contribution in [0, 0.1) is 0 Å². The van der Waals surface area contributed by atoms with Gasteiger partial charge in [-0.05, 0) is 36.8 Å². The summed E-state index contributed by atoms with van der Waals surface area (Å²) in [7, 11) is 0. The number of benzene rings is 2. The van der Waals surface area contributed by atoms with Crippen molar-refractivity contribution in [3.05, 3.63) is 70.2 Å². The molecule has 1 aliphatic rings. The summed E-state index contributed by atoms with van der Waals surface area (Å²) in [5.41, 5.74) is 2.27. The Morgan fingerprint density at radius 3 is 2.61 bits per heavy atom. The number of oxazole rings is 1. The summed E-state index contributed by atoms with van der Waals surface area (Å²) in [6.45, 7) is 2.85. The first kappa shape index (κ1) is 20.4. The zero-order valence-corrected chi connectivity index (χ0v) is 17.0. The first-order valence-corrected chi connectivity index (χ1v) is 9.97. The van der Waals surface area contributed by atoms with Gasteiger partial charge in [-0.3, -0.25) is 19.0 Å². The number of hydrogen-bond donors (Lipinski definition) is 2. The molecule has 0 bridgehead atoms. The first-order chi connectivity index (χ1) is 14.9. The lowest BCUT2D eigenvalue weighted by Crippen LogP contribution is -2.49. The number of piperazine rings is 1. The molecule has 0 saturated carbocycles. The number of carbonyl (C=O) groups is 3. The summed E-state index contributed by atoms with van der Waals surface area (Å²) in [6.07, 6.45) is 0. The predicted octanol–water partition coefficient (Wildman–Crippen LogP) is 1.04. The molecule has 0 spiro atoms. The molecule has 31 heavy (non-hydrogen) atoms. The van der Waals surface area contributed by atoms with Crippen molar-refractivity contribution >= 4 is 28.8 Å². The van der Waals surface area contributed by atoms with E-state index in [0.29, 0.717) is 29.8 Å². The molecule has 9 heteroatoms. The van der Waals surface area contributed by atoms with Gasteiger partial charge >= 0.3 is 5.76 Å². The van der Waals surface area contributed by atoms with Crippen molar-refractivity contribution in [3.63, 3.8) is 0 Å². The lowest BCUT2D eigenvalue weighted by atomic mass is 10.1. The number of rotatable bonds is 5. The van der Waals surface area contributed by atoms with E-state index in [0.717, 1.165) is 5.56 Å². The van der Waals surface area contributed by atoms with Crippen LogP contribution in [0.1, 0.15) is 28.9 Å². The standard InChI is InChI=1S/C22H22N4O5/c1-14(26-17-4-2-3-5-18(17)31-22(26)30)20(28)24-12-15-6-8-16(9-7-15)21(29)25-11-10-23-19(27)13-25/h2-9,14H,10-13H2,1H3,(H,23,27)(H,24,28). The normalized spacial score (nSPS) is 14.9. The van der Waals surface area contributed by atoms with Crippen LogP contribution in [0.3, 0.4) is 0 Å². The van der Waals surface area contributed by atoms with Gasteiger partial charge in [0.25, 0.3) is 5.91 Å². The highest BCUT2D eigenvalue weighted by atomic mass is 16.4. The van der Waals surface area contributed by atoms with E-state index in [1.807, 2.05) is 0 Å². The second-order valence-electron chi connectivity index (χ2n) is 7.37. The summed E-state index contributed by atoms with van der Waals surface area (Å²) in [6, 6.07) is 13.0. The molecule has 1 fully saturated rings. The van der Waals surface area contributed by atoms with Gasteiger partial charge in [-0.15, -0.1) is 0 Å². The molecule has 1 atom stereocenters. The van der Waals surface area contributed by atoms with E-state index < -0.39 is 11.8 Å². The third-order valence-electron chi connectivity index (χ3n) is 5.28. The van der Waals surface area contributed by atoms with Crippen LogP contribution in [0.2, 0.25) is 0 Å². The third kappa shape index (κ3) is 4.20. The maximum absolute atomic E-state index is 12.6. The summed E-state index contributed by atoms with van der Waals surface area (Å²) >= 11 is 0. The molecule has 2 aromatic carbocycles. The van der Waals surface area contributed by atoms with Gasteiger partial charge in [-0.2, -0.15) is 0 Å². The Labute approximate surface area is 177 Å². The third-order valence-corrected chi connectivity index (χ3v) is 5.28. The molecule has 0 aliphatic carbocycles.